The lowest BCUT2D eigenvalue weighted by atomic mass is 10.1. The van der Waals surface area contributed by atoms with Gasteiger partial charge in [0.05, 0.1) is 16.2 Å². The van der Waals surface area contributed by atoms with Gasteiger partial charge in [-0.3, -0.25) is 14.7 Å². The van der Waals surface area contributed by atoms with Crippen molar-refractivity contribution < 1.29 is 10.0 Å². The number of hydrogen-bond acceptors (Lipinski definition) is 7. The fourth-order valence-corrected chi connectivity index (χ4v) is 4.25. The number of pyridine rings is 1. The highest BCUT2D eigenvalue weighted by Crippen LogP contribution is 2.37. The maximum atomic E-state index is 10.9. The number of benzene rings is 2. The van der Waals surface area contributed by atoms with E-state index in [9.17, 15) is 15.2 Å². The summed E-state index contributed by atoms with van der Waals surface area (Å²) in [6, 6.07) is 14.1. The van der Waals surface area contributed by atoms with Crippen LogP contribution >= 0.6 is 27.7 Å². The van der Waals surface area contributed by atoms with Gasteiger partial charge in [0, 0.05) is 10.5 Å². The van der Waals surface area contributed by atoms with Crippen LogP contribution < -0.4 is 0 Å². The lowest BCUT2D eigenvalue weighted by Gasteiger charge is -2.14. The Labute approximate surface area is 190 Å². The van der Waals surface area contributed by atoms with Crippen molar-refractivity contribution in [2.24, 2.45) is 0 Å². The van der Waals surface area contributed by atoms with E-state index < -0.39 is 4.92 Å². The van der Waals surface area contributed by atoms with Gasteiger partial charge in [-0.1, -0.05) is 33.6 Å². The van der Waals surface area contributed by atoms with Crippen molar-refractivity contribution in [3.05, 3.63) is 80.4 Å². The molecule has 4 rings (SSSR count). The van der Waals surface area contributed by atoms with Gasteiger partial charge in [0.2, 0.25) is 5.16 Å². The van der Waals surface area contributed by atoms with Crippen LogP contribution in [0, 0.1) is 24.0 Å². The van der Waals surface area contributed by atoms with E-state index in [1.807, 2.05) is 30.5 Å². The summed E-state index contributed by atoms with van der Waals surface area (Å²) in [5, 5.41) is 31.1. The van der Waals surface area contributed by atoms with Gasteiger partial charge in [0.15, 0.2) is 5.82 Å². The average Bonchev–Trinajstić information content (AvgIpc) is 3.13. The Morgan fingerprint density at radius 3 is 2.58 bits per heavy atom. The van der Waals surface area contributed by atoms with Gasteiger partial charge in [-0.2, -0.15) is 0 Å². The van der Waals surface area contributed by atoms with Crippen molar-refractivity contribution in [3.63, 3.8) is 0 Å². The van der Waals surface area contributed by atoms with E-state index in [0.717, 1.165) is 21.3 Å². The van der Waals surface area contributed by atoms with E-state index in [1.54, 1.807) is 24.3 Å². The molecule has 156 valence electrons. The number of aryl methyl sites for hydroxylation is 2. The Balaban J connectivity index is 1.86. The fraction of sp³-hybridized carbons (Fsp3) is 0.0952. The van der Waals surface area contributed by atoms with Crippen molar-refractivity contribution in [1.29, 1.82) is 0 Å². The first-order valence-electron chi connectivity index (χ1n) is 9.13. The van der Waals surface area contributed by atoms with Crippen LogP contribution in [0.4, 0.5) is 5.69 Å². The monoisotopic (exact) mass is 497 g/mol. The zero-order chi connectivity index (χ0) is 22.1. The van der Waals surface area contributed by atoms with Crippen LogP contribution in [-0.2, 0) is 0 Å². The number of nitro groups is 1. The Morgan fingerprint density at radius 2 is 1.90 bits per heavy atom. The molecule has 0 aliphatic rings. The summed E-state index contributed by atoms with van der Waals surface area (Å²) in [6.45, 7) is 4.01. The zero-order valence-corrected chi connectivity index (χ0v) is 18.9. The second kappa shape index (κ2) is 8.48. The van der Waals surface area contributed by atoms with Gasteiger partial charge < -0.3 is 5.11 Å². The van der Waals surface area contributed by atoms with E-state index >= 15 is 0 Å². The minimum atomic E-state index is -0.492. The average molecular weight is 498 g/mol. The number of aromatic hydroxyl groups is 1. The summed E-state index contributed by atoms with van der Waals surface area (Å²) in [5.74, 6) is 0.543. The first kappa shape index (κ1) is 21.0. The van der Waals surface area contributed by atoms with Gasteiger partial charge in [-0.05, 0) is 61.5 Å². The Bertz CT molecular complexity index is 1290. The molecule has 2 heterocycles. The van der Waals surface area contributed by atoms with Crippen LogP contribution in [0.15, 0.2) is 69.4 Å². The van der Waals surface area contributed by atoms with Crippen molar-refractivity contribution in [1.82, 2.24) is 19.7 Å². The number of nitrogens with zero attached hydrogens (tertiary/aromatic N) is 5. The predicted octanol–water partition coefficient (Wildman–Crippen LogP) is 5.47. The number of aromatic nitrogens is 4. The molecule has 8 nitrogen and oxygen atoms in total. The Kier molecular flexibility index (Phi) is 5.75. The number of rotatable bonds is 5. The molecule has 0 bridgehead atoms. The molecule has 0 saturated heterocycles. The van der Waals surface area contributed by atoms with Crippen molar-refractivity contribution in [3.8, 4) is 22.8 Å². The normalized spacial score (nSPS) is 10.9. The quantitative estimate of drug-likeness (QED) is 0.287. The smallest absolute Gasteiger partial charge is 0.287 e. The van der Waals surface area contributed by atoms with Crippen LogP contribution in [0.1, 0.15) is 11.1 Å². The molecule has 0 unspecified atom stereocenters. The third-order valence-electron chi connectivity index (χ3n) is 4.55. The third kappa shape index (κ3) is 4.30. The lowest BCUT2D eigenvalue weighted by molar-refractivity contribution is -0.385. The maximum Gasteiger partial charge on any atom is 0.287 e. The molecule has 2 aromatic heterocycles. The highest BCUT2D eigenvalue weighted by atomic mass is 79.9. The summed E-state index contributed by atoms with van der Waals surface area (Å²) in [4.78, 5) is 14.6. The minimum absolute atomic E-state index is 0.0756. The van der Waals surface area contributed by atoms with Crippen LogP contribution in [-0.4, -0.2) is 29.8 Å². The molecular weight excluding hydrogens is 482 g/mol. The third-order valence-corrected chi connectivity index (χ3v) is 5.94. The highest BCUT2D eigenvalue weighted by Gasteiger charge is 2.21. The van der Waals surface area contributed by atoms with Gasteiger partial charge in [0.1, 0.15) is 17.0 Å². The predicted molar refractivity (Wildman–Crippen MR) is 121 cm³/mol. The lowest BCUT2D eigenvalue weighted by Crippen LogP contribution is -2.02. The molecule has 0 saturated carbocycles. The summed E-state index contributed by atoms with van der Waals surface area (Å²) in [7, 11) is 0. The van der Waals surface area contributed by atoms with Gasteiger partial charge in [0.25, 0.3) is 5.69 Å². The second-order valence-corrected chi connectivity index (χ2v) is 8.71. The van der Waals surface area contributed by atoms with E-state index in [0.29, 0.717) is 21.6 Å². The highest BCUT2D eigenvalue weighted by molar-refractivity contribution is 9.10. The number of phenols is 1. The molecule has 0 radical (unpaired) electrons. The van der Waals surface area contributed by atoms with E-state index in [-0.39, 0.29) is 11.4 Å². The van der Waals surface area contributed by atoms with Crippen molar-refractivity contribution in [2.45, 2.75) is 24.0 Å². The Hall–Kier alpha value is -3.24. The first-order chi connectivity index (χ1) is 14.8. The molecule has 1 N–H and O–H groups in total. The molecule has 2 aromatic carbocycles. The van der Waals surface area contributed by atoms with Crippen LogP contribution in [0.2, 0.25) is 0 Å². The summed E-state index contributed by atoms with van der Waals surface area (Å²) in [6.07, 6.45) is 1.21. The van der Waals surface area contributed by atoms with Crippen molar-refractivity contribution >= 4 is 33.4 Å². The van der Waals surface area contributed by atoms with Gasteiger partial charge in [-0.15, -0.1) is 10.2 Å². The summed E-state index contributed by atoms with van der Waals surface area (Å²) >= 11 is 4.67. The van der Waals surface area contributed by atoms with Gasteiger partial charge >= 0.3 is 0 Å². The second-order valence-electron chi connectivity index (χ2n) is 6.81. The molecule has 0 fully saturated rings. The standard InChI is InChI=1S/C21H16BrN5O3S/c1-12-3-6-17(13(2)9-12)26-20(16-10-14(22)4-7-18(16)28)24-25-21(26)31-19-8-5-15(11-23-19)27(29)30/h3-11,28H,1-2H3. The van der Waals surface area contributed by atoms with Gasteiger partial charge in [-0.25, -0.2) is 4.98 Å². The molecule has 0 atom stereocenters. The summed E-state index contributed by atoms with van der Waals surface area (Å²) in [5.41, 5.74) is 3.42. The maximum absolute atomic E-state index is 10.9. The number of hydrogen-bond donors (Lipinski definition) is 1. The van der Waals surface area contributed by atoms with E-state index in [4.69, 9.17) is 0 Å². The van der Waals surface area contributed by atoms with Crippen LogP contribution in [0.5, 0.6) is 5.75 Å². The molecule has 0 aliphatic carbocycles. The fourth-order valence-electron chi connectivity index (χ4n) is 3.11. The number of phenolic OH excluding ortho intramolecular Hbond substituents is 1. The van der Waals surface area contributed by atoms with E-state index in [2.05, 4.69) is 37.2 Å². The first-order valence-corrected chi connectivity index (χ1v) is 10.7. The van der Waals surface area contributed by atoms with Crippen molar-refractivity contribution in [2.75, 3.05) is 0 Å². The molecular formula is C21H16BrN5O3S. The molecule has 31 heavy (non-hydrogen) atoms. The van der Waals surface area contributed by atoms with Crippen LogP contribution in [0.3, 0.4) is 0 Å². The summed E-state index contributed by atoms with van der Waals surface area (Å²) < 4.78 is 2.64. The molecule has 4 aromatic rings. The molecule has 0 aliphatic heterocycles. The minimum Gasteiger partial charge on any atom is -0.507 e. The molecule has 10 heteroatoms. The SMILES string of the molecule is Cc1ccc(-n2c(Sc3ccc([N+](=O)[O-])cn3)nnc2-c2cc(Br)ccc2O)c(C)c1. The molecule has 0 amide bonds. The topological polar surface area (TPSA) is 107 Å². The largest absolute Gasteiger partial charge is 0.507 e. The zero-order valence-electron chi connectivity index (χ0n) is 16.5. The number of halogens is 1. The van der Waals surface area contributed by atoms with E-state index in [1.165, 1.54) is 24.0 Å². The molecule has 0 spiro atoms. The van der Waals surface area contributed by atoms with Crippen LogP contribution in [0.25, 0.3) is 17.1 Å². The Morgan fingerprint density at radius 1 is 1.10 bits per heavy atom.